The molecule has 34 heavy (non-hydrogen) atoms. The van der Waals surface area contributed by atoms with Crippen LogP contribution in [-0.2, 0) is 22.2 Å². The predicted octanol–water partition coefficient (Wildman–Crippen LogP) is 4.25. The van der Waals surface area contributed by atoms with Gasteiger partial charge in [0, 0.05) is 25.9 Å². The quantitative estimate of drug-likeness (QED) is 0.533. The highest BCUT2D eigenvalue weighted by Crippen LogP contribution is 2.39. The van der Waals surface area contributed by atoms with Crippen LogP contribution in [0.3, 0.4) is 0 Å². The van der Waals surface area contributed by atoms with Gasteiger partial charge in [0.2, 0.25) is 0 Å². The van der Waals surface area contributed by atoms with Crippen molar-refractivity contribution < 1.29 is 22.3 Å². The van der Waals surface area contributed by atoms with Gasteiger partial charge in [-0.05, 0) is 36.5 Å². The van der Waals surface area contributed by atoms with E-state index >= 15 is 4.39 Å². The molecular formula is C24H30F2N4O3S. The molecule has 0 bridgehead atoms. The monoisotopic (exact) mass is 492 g/mol. The van der Waals surface area contributed by atoms with Gasteiger partial charge < -0.3 is 5.11 Å². The van der Waals surface area contributed by atoms with Crippen molar-refractivity contribution in [1.29, 1.82) is 0 Å². The third-order valence-electron chi connectivity index (χ3n) is 5.32. The SMILES string of the molecule is CN(C)S(=O)(=O)n1cc(CC(C)(C)C)nc1C(C)(O)C(F)c1ccc(-c2ccc(F)cn2)cc1. The fraction of sp³-hybridized carbons (Fsp3) is 0.417. The molecule has 7 nitrogen and oxygen atoms in total. The van der Waals surface area contributed by atoms with Crippen LogP contribution < -0.4 is 0 Å². The van der Waals surface area contributed by atoms with E-state index in [1.54, 1.807) is 12.1 Å². The molecule has 184 valence electrons. The first-order valence-corrected chi connectivity index (χ1v) is 12.1. The van der Waals surface area contributed by atoms with E-state index in [1.807, 2.05) is 20.8 Å². The number of halogens is 2. The molecule has 1 aromatic carbocycles. The van der Waals surface area contributed by atoms with Gasteiger partial charge in [-0.25, -0.2) is 17.7 Å². The summed E-state index contributed by atoms with van der Waals surface area (Å²) in [5.41, 5.74) is -0.754. The number of hydrogen-bond donors (Lipinski definition) is 1. The maximum atomic E-state index is 15.7. The van der Waals surface area contributed by atoms with Crippen molar-refractivity contribution in [3.8, 4) is 11.3 Å². The lowest BCUT2D eigenvalue weighted by Gasteiger charge is -2.28. The van der Waals surface area contributed by atoms with Crippen LogP contribution in [0.5, 0.6) is 0 Å². The van der Waals surface area contributed by atoms with E-state index in [2.05, 4.69) is 9.97 Å². The van der Waals surface area contributed by atoms with Gasteiger partial charge >= 0.3 is 10.2 Å². The van der Waals surface area contributed by atoms with Crippen LogP contribution in [0, 0.1) is 11.2 Å². The highest BCUT2D eigenvalue weighted by atomic mass is 32.2. The summed E-state index contributed by atoms with van der Waals surface area (Å²) in [4.78, 5) is 8.36. The minimum absolute atomic E-state index is 0.130. The number of aromatic nitrogens is 3. The van der Waals surface area contributed by atoms with Crippen molar-refractivity contribution in [2.75, 3.05) is 14.1 Å². The maximum absolute atomic E-state index is 15.7. The zero-order chi connectivity index (χ0) is 25.5. The molecule has 0 aliphatic carbocycles. The first kappa shape index (κ1) is 25.9. The van der Waals surface area contributed by atoms with Crippen LogP contribution in [0.2, 0.25) is 0 Å². The Kier molecular flexibility index (Phi) is 6.99. The molecule has 0 spiro atoms. The topological polar surface area (TPSA) is 88.3 Å². The molecule has 0 radical (unpaired) electrons. The van der Waals surface area contributed by atoms with Crippen LogP contribution >= 0.6 is 0 Å². The number of benzene rings is 1. The van der Waals surface area contributed by atoms with E-state index in [1.165, 1.54) is 51.5 Å². The van der Waals surface area contributed by atoms with E-state index in [9.17, 15) is 17.9 Å². The summed E-state index contributed by atoms with van der Waals surface area (Å²) in [6.45, 7) is 7.12. The first-order valence-electron chi connectivity index (χ1n) is 10.7. The van der Waals surface area contributed by atoms with Gasteiger partial charge in [-0.3, -0.25) is 4.98 Å². The van der Waals surface area contributed by atoms with Gasteiger partial charge in [-0.2, -0.15) is 12.7 Å². The normalized spacial score (nSPS) is 15.4. The Hall–Kier alpha value is -2.69. The molecule has 1 N–H and O–H groups in total. The van der Waals surface area contributed by atoms with E-state index in [0.29, 0.717) is 23.4 Å². The molecule has 3 aromatic rings. The zero-order valence-electron chi connectivity index (χ0n) is 20.1. The Morgan fingerprint density at radius 3 is 2.21 bits per heavy atom. The smallest absolute Gasteiger partial charge is 0.308 e. The van der Waals surface area contributed by atoms with Crippen molar-refractivity contribution in [3.05, 3.63) is 71.7 Å². The molecule has 0 saturated heterocycles. The van der Waals surface area contributed by atoms with E-state index in [-0.39, 0.29) is 16.8 Å². The molecule has 0 aliphatic heterocycles. The molecule has 10 heteroatoms. The molecule has 0 fully saturated rings. The van der Waals surface area contributed by atoms with Crippen molar-refractivity contribution in [2.24, 2.45) is 5.41 Å². The Balaban J connectivity index is 2.01. The number of aliphatic hydroxyl groups is 1. The van der Waals surface area contributed by atoms with Crippen LogP contribution in [0.25, 0.3) is 11.3 Å². The third kappa shape index (κ3) is 5.34. The summed E-state index contributed by atoms with van der Waals surface area (Å²) >= 11 is 0. The number of hydrogen-bond acceptors (Lipinski definition) is 5. The van der Waals surface area contributed by atoms with Crippen LogP contribution in [0.4, 0.5) is 8.78 Å². The van der Waals surface area contributed by atoms with Crippen molar-refractivity contribution >= 4 is 10.2 Å². The predicted molar refractivity (Wildman–Crippen MR) is 126 cm³/mol. The van der Waals surface area contributed by atoms with Gasteiger partial charge in [0.15, 0.2) is 17.6 Å². The molecule has 2 atom stereocenters. The average molecular weight is 493 g/mol. The molecule has 0 aliphatic rings. The van der Waals surface area contributed by atoms with Gasteiger partial charge in [0.05, 0.1) is 17.6 Å². The highest BCUT2D eigenvalue weighted by Gasteiger charge is 2.42. The summed E-state index contributed by atoms with van der Waals surface area (Å²) in [7, 11) is -1.36. The number of nitrogens with zero attached hydrogens (tertiary/aromatic N) is 4. The Bertz CT molecular complexity index is 1250. The van der Waals surface area contributed by atoms with E-state index in [4.69, 9.17) is 0 Å². The molecule has 2 heterocycles. The van der Waals surface area contributed by atoms with Crippen LogP contribution in [-0.4, -0.2) is 45.9 Å². The molecule has 0 saturated carbocycles. The lowest BCUT2D eigenvalue weighted by atomic mass is 9.91. The second-order valence-electron chi connectivity index (χ2n) is 9.87. The number of imidazole rings is 1. The lowest BCUT2D eigenvalue weighted by molar-refractivity contribution is -0.0339. The van der Waals surface area contributed by atoms with Crippen molar-refractivity contribution in [3.63, 3.8) is 0 Å². The molecule has 2 aromatic heterocycles. The third-order valence-corrected chi connectivity index (χ3v) is 7.02. The van der Waals surface area contributed by atoms with E-state index in [0.717, 1.165) is 14.5 Å². The van der Waals surface area contributed by atoms with Gasteiger partial charge in [0.25, 0.3) is 0 Å². The molecule has 2 unspecified atom stereocenters. The van der Waals surface area contributed by atoms with Crippen molar-refractivity contribution in [2.45, 2.75) is 45.9 Å². The fourth-order valence-corrected chi connectivity index (χ4v) is 4.59. The second-order valence-corrected chi connectivity index (χ2v) is 11.9. The molecule has 3 rings (SSSR count). The first-order chi connectivity index (χ1) is 15.6. The minimum atomic E-state index is -4.07. The fourth-order valence-electron chi connectivity index (χ4n) is 3.53. The Morgan fingerprint density at radius 1 is 1.09 bits per heavy atom. The van der Waals surface area contributed by atoms with Crippen LogP contribution in [0.15, 0.2) is 48.8 Å². The molecule has 0 amide bonds. The minimum Gasteiger partial charge on any atom is -0.379 e. The number of pyridine rings is 1. The zero-order valence-corrected chi connectivity index (χ0v) is 20.9. The summed E-state index contributed by atoms with van der Waals surface area (Å²) in [5.74, 6) is -0.772. The Labute approximate surface area is 199 Å². The maximum Gasteiger partial charge on any atom is 0.308 e. The number of alkyl halides is 1. The summed E-state index contributed by atoms with van der Waals surface area (Å²) in [6.07, 6.45) is 0.873. The highest BCUT2D eigenvalue weighted by molar-refractivity contribution is 7.87. The Morgan fingerprint density at radius 2 is 1.71 bits per heavy atom. The standard InChI is InChI=1S/C24H30F2N4O3S/c1-23(2,3)13-19-15-30(34(32,33)29(5)6)22(28-19)24(4,31)21(26)17-9-7-16(8-10-17)20-12-11-18(25)14-27-20/h7-12,14-15,21,31H,13H2,1-6H3. The molecular weight excluding hydrogens is 462 g/mol. The summed E-state index contributed by atoms with van der Waals surface area (Å²) in [5, 5.41) is 11.3. The second kappa shape index (κ2) is 9.16. The van der Waals surface area contributed by atoms with Crippen molar-refractivity contribution in [1.82, 2.24) is 18.2 Å². The lowest BCUT2D eigenvalue weighted by Crippen LogP contribution is -2.37. The van der Waals surface area contributed by atoms with Gasteiger partial charge in [0.1, 0.15) is 5.82 Å². The van der Waals surface area contributed by atoms with Gasteiger partial charge in [-0.15, -0.1) is 0 Å². The largest absolute Gasteiger partial charge is 0.379 e. The summed E-state index contributed by atoms with van der Waals surface area (Å²) < 4.78 is 56.6. The van der Waals surface area contributed by atoms with E-state index < -0.39 is 27.8 Å². The van der Waals surface area contributed by atoms with Gasteiger partial charge in [-0.1, -0.05) is 45.0 Å². The number of rotatable bonds is 7. The average Bonchev–Trinajstić information content (AvgIpc) is 3.17. The van der Waals surface area contributed by atoms with Crippen LogP contribution in [0.1, 0.15) is 50.9 Å². The summed E-state index contributed by atoms with van der Waals surface area (Å²) in [6, 6.07) is 8.94.